The molecule has 48 valence electrons. The zero-order valence-corrected chi connectivity index (χ0v) is 11.6. The average molecular weight is 282 g/mol. The van der Waals surface area contributed by atoms with E-state index >= 15 is 0 Å². The molecule has 0 bridgehead atoms. The van der Waals surface area contributed by atoms with Crippen LogP contribution in [0.2, 0.25) is 0 Å². The predicted octanol–water partition coefficient (Wildman–Crippen LogP) is 1.86. The van der Waals surface area contributed by atoms with E-state index in [1.54, 1.807) is 0 Å². The molecule has 0 heterocycles. The predicted molar refractivity (Wildman–Crippen MR) is 34.3 cm³/mol. The quantitative estimate of drug-likeness (QED) is 0.690. The molecule has 0 nitrogen and oxygen atoms in total. The van der Waals surface area contributed by atoms with Crippen molar-refractivity contribution in [3.63, 3.8) is 0 Å². The van der Waals surface area contributed by atoms with Gasteiger partial charge in [0.1, 0.15) is 0 Å². The average Bonchev–Trinajstić information content (AvgIpc) is 1.90. The van der Waals surface area contributed by atoms with Crippen molar-refractivity contribution < 1.29 is 65.4 Å². The van der Waals surface area contributed by atoms with E-state index in [1.807, 2.05) is 24.3 Å². The molecule has 1 rings (SSSR count). The molecule has 0 fully saturated rings. The molecule has 0 saturated heterocycles. The molecule has 0 aliphatic rings. The van der Waals surface area contributed by atoms with Crippen LogP contribution in [0.5, 0.6) is 0 Å². The molecule has 0 saturated carbocycles. The molecule has 1 aromatic rings. The van der Waals surface area contributed by atoms with Gasteiger partial charge in [-0.25, -0.2) is 0 Å². The fraction of sp³-hybridized carbons (Fsp3) is 0.125. The minimum atomic E-state index is 0. The minimum Gasteiger partial charge on any atom is -0.341 e. The summed E-state index contributed by atoms with van der Waals surface area (Å²) in [4.78, 5) is 0. The Bertz CT molecular complexity index is 149. The van der Waals surface area contributed by atoms with Gasteiger partial charge < -0.3 is 6.92 Å². The number of rotatable bonds is 1. The van der Waals surface area contributed by atoms with Gasteiger partial charge in [0.25, 0.3) is 0 Å². The first-order valence-electron chi connectivity index (χ1n) is 2.68. The molecule has 0 aliphatic carbocycles. The van der Waals surface area contributed by atoms with Gasteiger partial charge in [0.2, 0.25) is 0 Å². The van der Waals surface area contributed by atoms with Crippen LogP contribution in [0.3, 0.4) is 0 Å². The Balaban J connectivity index is 0. The first kappa shape index (κ1) is 14.0. The van der Waals surface area contributed by atoms with E-state index in [0.29, 0.717) is 0 Å². The Hall–Kier alpha value is 1.43. The van der Waals surface area contributed by atoms with Gasteiger partial charge in [0.05, 0.1) is 0 Å². The zero-order valence-electron chi connectivity index (χ0n) is 5.88. The Labute approximate surface area is 113 Å². The number of hydrogen-bond acceptors (Lipinski definition) is 0. The maximum Gasteiger partial charge on any atom is 0 e. The first-order valence-corrected chi connectivity index (χ1v) is 2.68. The SMILES string of the molecule is [CH2-]Cc1[c-]cccc1.[Y].[Y]. The van der Waals surface area contributed by atoms with Crippen molar-refractivity contribution in [3.05, 3.63) is 42.8 Å². The number of hydrogen-bond donors (Lipinski definition) is 0. The molecular formula is C8H8Y2-2. The smallest absolute Gasteiger partial charge is 0 e. The molecule has 0 unspecified atom stereocenters. The van der Waals surface area contributed by atoms with Crippen LogP contribution in [0.4, 0.5) is 0 Å². The molecule has 0 atom stereocenters. The molecule has 10 heavy (non-hydrogen) atoms. The zero-order chi connectivity index (χ0) is 5.82. The van der Waals surface area contributed by atoms with Crippen molar-refractivity contribution in [1.29, 1.82) is 0 Å². The summed E-state index contributed by atoms with van der Waals surface area (Å²) in [7, 11) is 0. The van der Waals surface area contributed by atoms with Crippen LogP contribution in [0.25, 0.3) is 0 Å². The van der Waals surface area contributed by atoms with E-state index in [2.05, 4.69) is 13.0 Å². The van der Waals surface area contributed by atoms with Crippen LogP contribution in [0.1, 0.15) is 5.56 Å². The van der Waals surface area contributed by atoms with Crippen molar-refractivity contribution in [2.45, 2.75) is 6.42 Å². The second kappa shape index (κ2) is 8.52. The summed E-state index contributed by atoms with van der Waals surface area (Å²) in [6, 6.07) is 10.9. The van der Waals surface area contributed by atoms with E-state index in [9.17, 15) is 0 Å². The van der Waals surface area contributed by atoms with Gasteiger partial charge in [0, 0.05) is 65.4 Å². The summed E-state index contributed by atoms with van der Waals surface area (Å²) in [6.07, 6.45) is 0.834. The van der Waals surface area contributed by atoms with Crippen molar-refractivity contribution >= 4 is 0 Å². The van der Waals surface area contributed by atoms with Gasteiger partial charge in [-0.05, 0) is 0 Å². The molecule has 2 heteroatoms. The second-order valence-corrected chi connectivity index (χ2v) is 1.64. The van der Waals surface area contributed by atoms with Crippen LogP contribution in [0.15, 0.2) is 24.3 Å². The third-order valence-electron chi connectivity index (χ3n) is 1.04. The van der Waals surface area contributed by atoms with E-state index in [4.69, 9.17) is 0 Å². The van der Waals surface area contributed by atoms with Crippen LogP contribution in [0, 0.1) is 13.0 Å². The van der Waals surface area contributed by atoms with E-state index in [0.717, 1.165) is 6.42 Å². The van der Waals surface area contributed by atoms with Crippen LogP contribution in [-0.4, -0.2) is 0 Å². The van der Waals surface area contributed by atoms with Gasteiger partial charge in [-0.1, -0.05) is 0 Å². The summed E-state index contributed by atoms with van der Waals surface area (Å²) < 4.78 is 0. The molecule has 0 N–H and O–H groups in total. The monoisotopic (exact) mass is 282 g/mol. The normalized spacial score (nSPS) is 7.30. The van der Waals surface area contributed by atoms with Gasteiger partial charge in [-0.2, -0.15) is 42.3 Å². The maximum absolute atomic E-state index is 3.72. The van der Waals surface area contributed by atoms with Crippen molar-refractivity contribution in [1.82, 2.24) is 0 Å². The van der Waals surface area contributed by atoms with Gasteiger partial charge in [-0.15, -0.1) is 0 Å². The molecule has 0 aromatic heterocycles. The van der Waals surface area contributed by atoms with E-state index in [-0.39, 0.29) is 65.4 Å². The second-order valence-electron chi connectivity index (χ2n) is 1.64. The van der Waals surface area contributed by atoms with Crippen molar-refractivity contribution in [3.8, 4) is 0 Å². The standard InChI is InChI=1S/C8H8.2Y/c1-2-8-6-4-3-5-7-8;;/h3-6H,1-2H2;;/q-2;;. The van der Waals surface area contributed by atoms with Crippen molar-refractivity contribution in [2.24, 2.45) is 0 Å². The summed E-state index contributed by atoms with van der Waals surface area (Å²) >= 11 is 0. The third-order valence-corrected chi connectivity index (χ3v) is 1.04. The van der Waals surface area contributed by atoms with Crippen LogP contribution >= 0.6 is 0 Å². The van der Waals surface area contributed by atoms with Crippen LogP contribution in [-0.2, 0) is 71.8 Å². The van der Waals surface area contributed by atoms with E-state index in [1.165, 1.54) is 5.56 Å². The van der Waals surface area contributed by atoms with E-state index < -0.39 is 0 Å². The summed E-state index contributed by atoms with van der Waals surface area (Å²) in [6.45, 7) is 3.72. The molecule has 0 amide bonds. The summed E-state index contributed by atoms with van der Waals surface area (Å²) in [5.74, 6) is 0. The largest absolute Gasteiger partial charge is 0.341 e. The molecule has 2 radical (unpaired) electrons. The Kier molecular flexibility index (Phi) is 11.9. The Morgan fingerprint density at radius 2 is 2.00 bits per heavy atom. The van der Waals surface area contributed by atoms with Gasteiger partial charge in [-0.3, -0.25) is 0 Å². The number of benzene rings is 1. The molecule has 1 aromatic carbocycles. The summed E-state index contributed by atoms with van der Waals surface area (Å²) in [5, 5.41) is 0. The van der Waals surface area contributed by atoms with Crippen LogP contribution < -0.4 is 0 Å². The molecular weight excluding hydrogens is 274 g/mol. The fourth-order valence-corrected chi connectivity index (χ4v) is 0.586. The topological polar surface area (TPSA) is 0 Å². The molecule has 0 aliphatic heterocycles. The fourth-order valence-electron chi connectivity index (χ4n) is 0.586. The van der Waals surface area contributed by atoms with Gasteiger partial charge >= 0.3 is 0 Å². The first-order chi connectivity index (χ1) is 3.93. The van der Waals surface area contributed by atoms with Crippen molar-refractivity contribution in [2.75, 3.05) is 0 Å². The van der Waals surface area contributed by atoms with Gasteiger partial charge in [0.15, 0.2) is 0 Å². The Morgan fingerprint density at radius 3 is 2.30 bits per heavy atom. The Morgan fingerprint density at radius 1 is 1.30 bits per heavy atom. The summed E-state index contributed by atoms with van der Waals surface area (Å²) in [5.41, 5.74) is 1.17. The molecule has 0 spiro atoms. The third kappa shape index (κ3) is 5.13. The minimum absolute atomic E-state index is 0. The maximum atomic E-state index is 3.72.